The van der Waals surface area contributed by atoms with Gasteiger partial charge in [0.15, 0.2) is 0 Å². The van der Waals surface area contributed by atoms with Gasteiger partial charge in [-0.1, -0.05) is 6.92 Å². The SMILES string of the molecule is CCC(C(=O)O)N1CCC(CO)CC1. The molecule has 0 bridgehead atoms. The lowest BCUT2D eigenvalue weighted by atomic mass is 9.96. The van der Waals surface area contributed by atoms with Crippen LogP contribution in [0.15, 0.2) is 0 Å². The van der Waals surface area contributed by atoms with E-state index in [9.17, 15) is 4.79 Å². The Balaban J connectivity index is 2.43. The van der Waals surface area contributed by atoms with Crippen LogP contribution in [-0.4, -0.2) is 46.8 Å². The minimum absolute atomic E-state index is 0.234. The van der Waals surface area contributed by atoms with Crippen LogP contribution in [0.4, 0.5) is 0 Å². The molecule has 1 aliphatic heterocycles. The van der Waals surface area contributed by atoms with E-state index < -0.39 is 5.97 Å². The molecule has 0 aromatic rings. The second-order valence-electron chi connectivity index (χ2n) is 3.92. The van der Waals surface area contributed by atoms with Crippen molar-refractivity contribution in [3.63, 3.8) is 0 Å². The van der Waals surface area contributed by atoms with E-state index >= 15 is 0 Å². The van der Waals surface area contributed by atoms with E-state index in [0.717, 1.165) is 25.9 Å². The molecule has 0 saturated carbocycles. The lowest BCUT2D eigenvalue weighted by Crippen LogP contribution is -2.45. The van der Waals surface area contributed by atoms with Gasteiger partial charge < -0.3 is 10.2 Å². The van der Waals surface area contributed by atoms with Crippen molar-refractivity contribution in [1.29, 1.82) is 0 Å². The number of nitrogens with zero attached hydrogens (tertiary/aromatic N) is 1. The molecule has 1 unspecified atom stereocenters. The molecule has 1 fully saturated rings. The molecule has 1 heterocycles. The summed E-state index contributed by atoms with van der Waals surface area (Å²) in [6, 6.07) is -0.338. The van der Waals surface area contributed by atoms with Crippen molar-refractivity contribution in [2.24, 2.45) is 5.92 Å². The Morgan fingerprint density at radius 3 is 2.43 bits per heavy atom. The monoisotopic (exact) mass is 201 g/mol. The summed E-state index contributed by atoms with van der Waals surface area (Å²) in [7, 11) is 0. The van der Waals surface area contributed by atoms with Crippen LogP contribution in [0.25, 0.3) is 0 Å². The molecule has 1 rings (SSSR count). The first-order valence-electron chi connectivity index (χ1n) is 5.26. The number of likely N-dealkylation sites (tertiary alicyclic amines) is 1. The molecular weight excluding hydrogens is 182 g/mol. The first-order chi connectivity index (χ1) is 6.69. The van der Waals surface area contributed by atoms with Crippen molar-refractivity contribution >= 4 is 5.97 Å². The molecule has 1 atom stereocenters. The van der Waals surface area contributed by atoms with E-state index in [1.807, 2.05) is 11.8 Å². The quantitative estimate of drug-likeness (QED) is 0.697. The number of piperidine rings is 1. The zero-order valence-corrected chi connectivity index (χ0v) is 8.65. The molecule has 0 amide bonds. The third kappa shape index (κ3) is 2.69. The summed E-state index contributed by atoms with van der Waals surface area (Å²) in [6.45, 7) is 3.74. The molecule has 0 aromatic heterocycles. The predicted octanol–water partition coefficient (Wildman–Crippen LogP) is 0.554. The summed E-state index contributed by atoms with van der Waals surface area (Å²) < 4.78 is 0. The third-order valence-corrected chi connectivity index (χ3v) is 3.02. The zero-order valence-electron chi connectivity index (χ0n) is 8.65. The van der Waals surface area contributed by atoms with E-state index in [1.165, 1.54) is 0 Å². The summed E-state index contributed by atoms with van der Waals surface area (Å²) in [5.41, 5.74) is 0. The van der Waals surface area contributed by atoms with Crippen molar-refractivity contribution in [2.75, 3.05) is 19.7 Å². The van der Waals surface area contributed by atoms with Gasteiger partial charge in [-0.05, 0) is 38.3 Å². The zero-order chi connectivity index (χ0) is 10.6. The van der Waals surface area contributed by atoms with Crippen molar-refractivity contribution in [3.05, 3.63) is 0 Å². The normalized spacial score (nSPS) is 22.1. The van der Waals surface area contributed by atoms with Crippen LogP contribution in [0.5, 0.6) is 0 Å². The Labute approximate surface area is 84.5 Å². The number of aliphatic carboxylic acids is 1. The molecule has 4 nitrogen and oxygen atoms in total. The molecule has 4 heteroatoms. The lowest BCUT2D eigenvalue weighted by Gasteiger charge is -2.34. The van der Waals surface area contributed by atoms with Gasteiger partial charge >= 0.3 is 5.97 Å². The lowest BCUT2D eigenvalue weighted by molar-refractivity contribution is -0.144. The van der Waals surface area contributed by atoms with E-state index in [1.54, 1.807) is 0 Å². The fourth-order valence-electron chi connectivity index (χ4n) is 2.04. The van der Waals surface area contributed by atoms with Crippen LogP contribution >= 0.6 is 0 Å². The number of aliphatic hydroxyl groups is 1. The minimum Gasteiger partial charge on any atom is -0.480 e. The van der Waals surface area contributed by atoms with E-state index in [-0.39, 0.29) is 12.6 Å². The van der Waals surface area contributed by atoms with E-state index in [0.29, 0.717) is 12.3 Å². The summed E-state index contributed by atoms with van der Waals surface area (Å²) in [5, 5.41) is 17.9. The van der Waals surface area contributed by atoms with Crippen LogP contribution < -0.4 is 0 Å². The highest BCUT2D eigenvalue weighted by molar-refractivity contribution is 5.73. The maximum atomic E-state index is 10.9. The molecule has 0 aliphatic carbocycles. The molecule has 82 valence electrons. The summed E-state index contributed by atoms with van der Waals surface area (Å²) in [6.07, 6.45) is 2.49. The van der Waals surface area contributed by atoms with Crippen molar-refractivity contribution in [3.8, 4) is 0 Å². The Hall–Kier alpha value is -0.610. The van der Waals surface area contributed by atoms with Crippen LogP contribution in [-0.2, 0) is 4.79 Å². The van der Waals surface area contributed by atoms with Gasteiger partial charge in [0.05, 0.1) is 0 Å². The van der Waals surface area contributed by atoms with Crippen LogP contribution in [0.2, 0.25) is 0 Å². The van der Waals surface area contributed by atoms with Gasteiger partial charge in [0.2, 0.25) is 0 Å². The molecule has 14 heavy (non-hydrogen) atoms. The van der Waals surface area contributed by atoms with Crippen LogP contribution in [0.3, 0.4) is 0 Å². The molecule has 0 spiro atoms. The highest BCUT2D eigenvalue weighted by Crippen LogP contribution is 2.19. The van der Waals surface area contributed by atoms with Gasteiger partial charge in [0.1, 0.15) is 6.04 Å². The Kier molecular flexibility index (Phi) is 4.35. The van der Waals surface area contributed by atoms with Gasteiger partial charge in [-0.25, -0.2) is 0 Å². The predicted molar refractivity (Wildman–Crippen MR) is 53.1 cm³/mol. The molecule has 1 aliphatic rings. The van der Waals surface area contributed by atoms with Crippen LogP contribution in [0, 0.1) is 5.92 Å². The molecular formula is C10H19NO3. The van der Waals surface area contributed by atoms with Gasteiger partial charge in [-0.2, -0.15) is 0 Å². The van der Waals surface area contributed by atoms with Gasteiger partial charge in [-0.3, -0.25) is 9.69 Å². The topological polar surface area (TPSA) is 60.8 Å². The van der Waals surface area contributed by atoms with E-state index in [2.05, 4.69) is 0 Å². The standard InChI is InChI=1S/C10H19NO3/c1-2-9(10(13)14)11-5-3-8(7-12)4-6-11/h8-9,12H,2-7H2,1H3,(H,13,14). The number of hydrogen-bond acceptors (Lipinski definition) is 3. The number of aliphatic hydroxyl groups excluding tert-OH is 1. The van der Waals surface area contributed by atoms with Crippen molar-refractivity contribution in [2.45, 2.75) is 32.2 Å². The van der Waals surface area contributed by atoms with Gasteiger partial charge in [0, 0.05) is 6.61 Å². The van der Waals surface area contributed by atoms with Gasteiger partial charge in [-0.15, -0.1) is 0 Å². The van der Waals surface area contributed by atoms with Crippen molar-refractivity contribution < 1.29 is 15.0 Å². The minimum atomic E-state index is -0.727. The fraction of sp³-hybridized carbons (Fsp3) is 0.900. The average molecular weight is 201 g/mol. The molecule has 0 aromatic carbocycles. The third-order valence-electron chi connectivity index (χ3n) is 3.02. The van der Waals surface area contributed by atoms with Crippen LogP contribution in [0.1, 0.15) is 26.2 Å². The summed E-state index contributed by atoms with van der Waals surface area (Å²) >= 11 is 0. The smallest absolute Gasteiger partial charge is 0.320 e. The van der Waals surface area contributed by atoms with E-state index in [4.69, 9.17) is 10.2 Å². The Morgan fingerprint density at radius 1 is 1.50 bits per heavy atom. The Bertz CT molecular complexity index is 188. The second-order valence-corrected chi connectivity index (χ2v) is 3.92. The molecule has 2 N–H and O–H groups in total. The Morgan fingerprint density at radius 2 is 2.07 bits per heavy atom. The number of rotatable bonds is 4. The van der Waals surface area contributed by atoms with Crippen molar-refractivity contribution in [1.82, 2.24) is 4.90 Å². The fourth-order valence-corrected chi connectivity index (χ4v) is 2.04. The first kappa shape index (κ1) is 11.5. The maximum Gasteiger partial charge on any atom is 0.320 e. The second kappa shape index (κ2) is 5.32. The van der Waals surface area contributed by atoms with Gasteiger partial charge in [0.25, 0.3) is 0 Å². The number of hydrogen-bond donors (Lipinski definition) is 2. The maximum absolute atomic E-state index is 10.9. The summed E-state index contributed by atoms with van der Waals surface area (Å²) in [5.74, 6) is -0.354. The number of carbonyl (C=O) groups is 1. The molecule has 1 saturated heterocycles. The first-order valence-corrected chi connectivity index (χ1v) is 5.26. The summed E-state index contributed by atoms with van der Waals surface area (Å²) in [4.78, 5) is 12.9. The highest BCUT2D eigenvalue weighted by Gasteiger charge is 2.27. The number of carboxylic acids is 1. The highest BCUT2D eigenvalue weighted by atomic mass is 16.4. The molecule has 0 radical (unpaired) electrons. The number of carboxylic acid groups (broad SMARTS) is 1. The average Bonchev–Trinajstić information content (AvgIpc) is 2.19. The largest absolute Gasteiger partial charge is 0.480 e.